The van der Waals surface area contributed by atoms with Gasteiger partial charge in [-0.3, -0.25) is 4.79 Å². The number of hydrogen-bond acceptors (Lipinski definition) is 6. The molecule has 0 radical (unpaired) electrons. The van der Waals surface area contributed by atoms with Gasteiger partial charge in [-0.1, -0.05) is 60.3 Å². The van der Waals surface area contributed by atoms with Gasteiger partial charge in [-0.05, 0) is 37.0 Å². The van der Waals surface area contributed by atoms with Crippen LogP contribution >= 0.6 is 11.8 Å². The van der Waals surface area contributed by atoms with E-state index in [4.69, 9.17) is 0 Å². The number of thioether (sulfide) groups is 1. The van der Waals surface area contributed by atoms with Crippen LogP contribution in [0.25, 0.3) is 0 Å². The largest absolute Gasteiger partial charge is 0.308 e. The molecule has 2 aromatic carbocycles. The fourth-order valence-electron chi connectivity index (χ4n) is 4.29. The minimum atomic E-state index is -3.12. The maximum absolute atomic E-state index is 13.4. The fourth-order valence-corrected chi connectivity index (χ4v) is 6.79. The standard InChI is InChI=1S/C24H26N4O3S2/c29-22(28(20-9-5-2-6-10-20)21-13-14-33(30,31)17-21)16-32-24-26-25-23(19-11-12-19)27(24)15-18-7-3-1-4-8-18/h1-10,19,21H,11-17H2/t21-/m0/s1. The minimum absolute atomic E-state index is 0.00825. The Morgan fingerprint density at radius 3 is 2.33 bits per heavy atom. The van der Waals surface area contributed by atoms with Gasteiger partial charge in [0.2, 0.25) is 5.91 Å². The molecule has 2 heterocycles. The quantitative estimate of drug-likeness (QED) is 0.457. The van der Waals surface area contributed by atoms with Crippen LogP contribution in [0, 0.1) is 0 Å². The van der Waals surface area contributed by atoms with Crippen molar-refractivity contribution >= 4 is 33.2 Å². The molecule has 1 aliphatic carbocycles. The lowest BCUT2D eigenvalue weighted by Crippen LogP contribution is -2.42. The van der Waals surface area contributed by atoms with Gasteiger partial charge in [0.25, 0.3) is 0 Å². The first kappa shape index (κ1) is 22.2. The highest BCUT2D eigenvalue weighted by molar-refractivity contribution is 7.99. The number of carbonyl (C=O) groups is 1. The van der Waals surface area contributed by atoms with E-state index in [2.05, 4.69) is 26.9 Å². The predicted molar refractivity (Wildman–Crippen MR) is 129 cm³/mol. The van der Waals surface area contributed by atoms with Gasteiger partial charge in [-0.2, -0.15) is 0 Å². The fraction of sp³-hybridized carbons (Fsp3) is 0.375. The highest BCUT2D eigenvalue weighted by Crippen LogP contribution is 2.40. The van der Waals surface area contributed by atoms with Gasteiger partial charge in [0.1, 0.15) is 5.82 Å². The molecule has 1 amide bonds. The monoisotopic (exact) mass is 482 g/mol. The summed E-state index contributed by atoms with van der Waals surface area (Å²) in [6, 6.07) is 19.2. The lowest BCUT2D eigenvalue weighted by Gasteiger charge is -2.28. The maximum atomic E-state index is 13.4. The van der Waals surface area contributed by atoms with Gasteiger partial charge < -0.3 is 9.47 Å². The molecule has 1 saturated carbocycles. The van der Waals surface area contributed by atoms with Crippen LogP contribution in [0.1, 0.15) is 36.6 Å². The molecule has 9 heteroatoms. The van der Waals surface area contributed by atoms with Crippen molar-refractivity contribution in [2.24, 2.45) is 0 Å². The first-order valence-electron chi connectivity index (χ1n) is 11.2. The van der Waals surface area contributed by atoms with Gasteiger partial charge in [0, 0.05) is 11.6 Å². The second-order valence-electron chi connectivity index (χ2n) is 8.63. The van der Waals surface area contributed by atoms with Crippen LogP contribution in [0.5, 0.6) is 0 Å². The van der Waals surface area contributed by atoms with Crippen molar-refractivity contribution < 1.29 is 13.2 Å². The summed E-state index contributed by atoms with van der Waals surface area (Å²) >= 11 is 1.37. The average molecular weight is 483 g/mol. The number of amides is 1. The lowest BCUT2D eigenvalue weighted by molar-refractivity contribution is -0.116. The SMILES string of the molecule is O=C(CSc1nnc(C2CC2)n1Cc1ccccc1)N(c1ccccc1)[C@H]1CCS(=O)(=O)C1. The van der Waals surface area contributed by atoms with Crippen molar-refractivity contribution in [2.45, 2.75) is 42.9 Å². The molecular formula is C24H26N4O3S2. The van der Waals surface area contributed by atoms with Crippen LogP contribution in [0.4, 0.5) is 5.69 Å². The summed E-state index contributed by atoms with van der Waals surface area (Å²) in [5.74, 6) is 1.61. The number of benzene rings is 2. The van der Waals surface area contributed by atoms with Gasteiger partial charge in [-0.15, -0.1) is 10.2 Å². The third-order valence-electron chi connectivity index (χ3n) is 6.07. The Morgan fingerprint density at radius 1 is 1.00 bits per heavy atom. The van der Waals surface area contributed by atoms with Gasteiger partial charge >= 0.3 is 0 Å². The number of sulfone groups is 1. The first-order valence-corrected chi connectivity index (χ1v) is 14.0. The summed E-state index contributed by atoms with van der Waals surface area (Å²) in [5, 5.41) is 9.57. The molecular weight excluding hydrogens is 456 g/mol. The second-order valence-corrected chi connectivity index (χ2v) is 11.8. The topological polar surface area (TPSA) is 85.2 Å². The summed E-state index contributed by atoms with van der Waals surface area (Å²) in [5.41, 5.74) is 1.89. The zero-order valence-electron chi connectivity index (χ0n) is 18.2. The van der Waals surface area contributed by atoms with E-state index in [1.165, 1.54) is 11.8 Å². The van der Waals surface area contributed by atoms with Crippen LogP contribution in [0.2, 0.25) is 0 Å². The molecule has 5 rings (SSSR count). The number of hydrogen-bond donors (Lipinski definition) is 0. The molecule has 1 saturated heterocycles. The zero-order valence-corrected chi connectivity index (χ0v) is 19.8. The molecule has 172 valence electrons. The summed E-state index contributed by atoms with van der Waals surface area (Å²) in [4.78, 5) is 15.1. The van der Waals surface area contributed by atoms with Crippen molar-refractivity contribution in [1.29, 1.82) is 0 Å². The summed E-state index contributed by atoms with van der Waals surface area (Å²) < 4.78 is 26.3. The Labute approximate surface area is 198 Å². The summed E-state index contributed by atoms with van der Waals surface area (Å²) in [6.45, 7) is 0.666. The number of para-hydroxylation sites is 1. The molecule has 7 nitrogen and oxygen atoms in total. The molecule has 2 aliphatic rings. The average Bonchev–Trinajstić information content (AvgIpc) is 3.49. The zero-order chi connectivity index (χ0) is 22.8. The van der Waals surface area contributed by atoms with Crippen molar-refractivity contribution in [3.63, 3.8) is 0 Å². The van der Waals surface area contributed by atoms with Crippen LogP contribution in [0.3, 0.4) is 0 Å². The van der Waals surface area contributed by atoms with Crippen LogP contribution in [-0.4, -0.2) is 52.4 Å². The lowest BCUT2D eigenvalue weighted by atomic mass is 10.2. The first-order chi connectivity index (χ1) is 16.0. The van der Waals surface area contributed by atoms with Gasteiger partial charge in [0.15, 0.2) is 15.0 Å². The van der Waals surface area contributed by atoms with Crippen molar-refractivity contribution in [2.75, 3.05) is 22.2 Å². The highest BCUT2D eigenvalue weighted by atomic mass is 32.2. The van der Waals surface area contributed by atoms with Crippen LogP contribution in [0.15, 0.2) is 65.8 Å². The molecule has 1 atom stereocenters. The second kappa shape index (κ2) is 9.30. The van der Waals surface area contributed by atoms with Crippen molar-refractivity contribution in [1.82, 2.24) is 14.8 Å². The molecule has 0 N–H and O–H groups in total. The number of rotatable bonds is 8. The minimum Gasteiger partial charge on any atom is -0.308 e. The molecule has 1 aliphatic heterocycles. The number of anilines is 1. The van der Waals surface area contributed by atoms with E-state index in [-0.39, 0.29) is 29.2 Å². The Bertz CT molecular complexity index is 1230. The smallest absolute Gasteiger partial charge is 0.237 e. The van der Waals surface area contributed by atoms with E-state index in [1.807, 2.05) is 48.5 Å². The van der Waals surface area contributed by atoms with Crippen molar-refractivity contribution in [3.8, 4) is 0 Å². The highest BCUT2D eigenvalue weighted by Gasteiger charge is 2.36. The van der Waals surface area contributed by atoms with E-state index in [0.29, 0.717) is 18.9 Å². The Morgan fingerprint density at radius 2 is 1.70 bits per heavy atom. The molecule has 0 unspecified atom stereocenters. The summed E-state index contributed by atoms with van der Waals surface area (Å²) in [7, 11) is -3.12. The van der Waals surface area contributed by atoms with Crippen LogP contribution < -0.4 is 4.90 Å². The molecule has 33 heavy (non-hydrogen) atoms. The predicted octanol–water partition coefficient (Wildman–Crippen LogP) is 3.52. The number of aromatic nitrogens is 3. The third-order valence-corrected chi connectivity index (χ3v) is 8.77. The molecule has 0 bridgehead atoms. The Hall–Kier alpha value is -2.65. The van der Waals surface area contributed by atoms with E-state index in [9.17, 15) is 13.2 Å². The normalized spacial score (nSPS) is 19.5. The van der Waals surface area contributed by atoms with Crippen molar-refractivity contribution in [3.05, 3.63) is 72.1 Å². The van der Waals surface area contributed by atoms with E-state index in [1.54, 1.807) is 4.90 Å². The summed E-state index contributed by atoms with van der Waals surface area (Å²) in [6.07, 6.45) is 2.70. The molecule has 0 spiro atoms. The van der Waals surface area contributed by atoms with E-state index in [0.717, 1.165) is 35.1 Å². The maximum Gasteiger partial charge on any atom is 0.237 e. The van der Waals surface area contributed by atoms with Gasteiger partial charge in [0.05, 0.1) is 29.8 Å². The molecule has 1 aromatic heterocycles. The third kappa shape index (κ3) is 5.14. The Kier molecular flexibility index (Phi) is 6.25. The van der Waals surface area contributed by atoms with Crippen LogP contribution in [-0.2, 0) is 21.2 Å². The molecule has 3 aromatic rings. The van der Waals surface area contributed by atoms with E-state index < -0.39 is 9.84 Å². The van der Waals surface area contributed by atoms with Gasteiger partial charge in [-0.25, -0.2) is 8.42 Å². The molecule has 2 fully saturated rings. The number of nitrogens with zero attached hydrogens (tertiary/aromatic N) is 4. The number of carbonyl (C=O) groups excluding carboxylic acids is 1. The van der Waals surface area contributed by atoms with E-state index >= 15 is 0 Å². The Balaban J connectivity index is 1.36.